The number of ether oxygens (including phenoxy) is 1. The van der Waals surface area contributed by atoms with Crippen LogP contribution in [0.25, 0.3) is 0 Å². The van der Waals surface area contributed by atoms with Gasteiger partial charge in [0.15, 0.2) is 0 Å². The van der Waals surface area contributed by atoms with Gasteiger partial charge in [-0.05, 0) is 38.8 Å². The lowest BCUT2D eigenvalue weighted by Crippen LogP contribution is -2.57. The third-order valence-corrected chi connectivity index (χ3v) is 4.60. The van der Waals surface area contributed by atoms with E-state index in [9.17, 15) is 4.79 Å². The molecule has 2 atom stereocenters. The molecule has 2 aliphatic rings. The van der Waals surface area contributed by atoms with Gasteiger partial charge in [-0.15, -0.1) is 0 Å². The van der Waals surface area contributed by atoms with E-state index in [0.29, 0.717) is 5.92 Å². The predicted molar refractivity (Wildman–Crippen MR) is 70.2 cm³/mol. The van der Waals surface area contributed by atoms with Crippen molar-refractivity contribution in [3.05, 3.63) is 0 Å². The van der Waals surface area contributed by atoms with Gasteiger partial charge in [0, 0.05) is 13.1 Å². The molecule has 2 fully saturated rings. The van der Waals surface area contributed by atoms with Crippen molar-refractivity contribution in [2.24, 2.45) is 11.7 Å². The highest BCUT2D eigenvalue weighted by Crippen LogP contribution is 2.37. The molecule has 104 valence electrons. The molecule has 1 aliphatic heterocycles. The summed E-state index contributed by atoms with van der Waals surface area (Å²) in [6, 6.07) is 0. The maximum atomic E-state index is 11.7. The van der Waals surface area contributed by atoms with E-state index in [1.807, 2.05) is 7.05 Å². The highest BCUT2D eigenvalue weighted by molar-refractivity contribution is 5.85. The summed E-state index contributed by atoms with van der Waals surface area (Å²) in [4.78, 5) is 14.2. The van der Waals surface area contributed by atoms with Crippen molar-refractivity contribution in [3.63, 3.8) is 0 Å². The van der Waals surface area contributed by atoms with E-state index in [1.165, 1.54) is 0 Å². The third kappa shape index (κ3) is 2.68. The maximum Gasteiger partial charge on any atom is 0.238 e. The number of primary amides is 1. The zero-order chi connectivity index (χ0) is 13.0. The molecule has 5 heteroatoms. The molecule has 0 bridgehead atoms. The van der Waals surface area contributed by atoms with Crippen LogP contribution < -0.4 is 11.1 Å². The van der Waals surface area contributed by atoms with Crippen LogP contribution in [0.5, 0.6) is 0 Å². The monoisotopic (exact) mass is 255 g/mol. The van der Waals surface area contributed by atoms with Crippen LogP contribution in [0, 0.1) is 5.92 Å². The number of nitrogens with zero attached hydrogens (tertiary/aromatic N) is 1. The molecule has 1 amide bonds. The first-order valence-electron chi connectivity index (χ1n) is 6.98. The van der Waals surface area contributed by atoms with Crippen LogP contribution in [0.2, 0.25) is 0 Å². The summed E-state index contributed by atoms with van der Waals surface area (Å²) in [7, 11) is 1.86. The van der Waals surface area contributed by atoms with Gasteiger partial charge in [0.1, 0.15) is 5.54 Å². The summed E-state index contributed by atoms with van der Waals surface area (Å²) in [6.45, 7) is 4.73. The smallest absolute Gasteiger partial charge is 0.238 e. The van der Waals surface area contributed by atoms with Crippen molar-refractivity contribution < 1.29 is 9.53 Å². The van der Waals surface area contributed by atoms with E-state index in [0.717, 1.165) is 58.5 Å². The molecule has 0 aromatic rings. The number of carbonyl (C=O) groups is 1. The van der Waals surface area contributed by atoms with E-state index in [2.05, 4.69) is 10.2 Å². The quantitative estimate of drug-likeness (QED) is 0.723. The zero-order valence-electron chi connectivity index (χ0n) is 11.3. The largest absolute Gasteiger partial charge is 0.379 e. The number of carbonyl (C=O) groups excluding carboxylic acids is 1. The predicted octanol–water partition coefficient (Wildman–Crippen LogP) is -0.0477. The summed E-state index contributed by atoms with van der Waals surface area (Å²) in [6.07, 6.45) is 4.13. The second-order valence-electron chi connectivity index (χ2n) is 5.42. The van der Waals surface area contributed by atoms with Gasteiger partial charge >= 0.3 is 0 Å². The number of hydrogen-bond acceptors (Lipinski definition) is 4. The lowest BCUT2D eigenvalue weighted by Gasteiger charge is -2.34. The third-order valence-electron chi connectivity index (χ3n) is 4.60. The first-order chi connectivity index (χ1) is 8.69. The molecule has 0 radical (unpaired) electrons. The van der Waals surface area contributed by atoms with Crippen molar-refractivity contribution in [2.45, 2.75) is 31.2 Å². The molecule has 18 heavy (non-hydrogen) atoms. The summed E-state index contributed by atoms with van der Waals surface area (Å²) in [5, 5.41) is 3.20. The SMILES string of the molecule is CNC1(C(N)=O)CCCC1CCN1CCOCC1. The van der Waals surface area contributed by atoms with E-state index in [1.54, 1.807) is 0 Å². The Balaban J connectivity index is 1.89. The zero-order valence-corrected chi connectivity index (χ0v) is 11.3. The van der Waals surface area contributed by atoms with Crippen LogP contribution >= 0.6 is 0 Å². The Labute approximate surface area is 109 Å². The van der Waals surface area contributed by atoms with Gasteiger partial charge in [-0.2, -0.15) is 0 Å². The Bertz CT molecular complexity index is 292. The fourth-order valence-corrected chi connectivity index (χ4v) is 3.41. The molecule has 0 spiro atoms. The Kier molecular flexibility index (Phi) is 4.59. The number of rotatable bonds is 5. The molecule has 2 rings (SSSR count). The summed E-state index contributed by atoms with van der Waals surface area (Å²) in [5.41, 5.74) is 5.14. The highest BCUT2D eigenvalue weighted by atomic mass is 16.5. The van der Waals surface area contributed by atoms with E-state index in [4.69, 9.17) is 10.5 Å². The van der Waals surface area contributed by atoms with Gasteiger partial charge in [0.25, 0.3) is 0 Å². The molecule has 1 saturated heterocycles. The number of morpholine rings is 1. The van der Waals surface area contributed by atoms with Gasteiger partial charge < -0.3 is 15.8 Å². The number of nitrogens with two attached hydrogens (primary N) is 1. The second-order valence-corrected chi connectivity index (χ2v) is 5.42. The van der Waals surface area contributed by atoms with Crippen LogP contribution in [0.4, 0.5) is 0 Å². The fraction of sp³-hybridized carbons (Fsp3) is 0.923. The summed E-state index contributed by atoms with van der Waals surface area (Å²) < 4.78 is 5.34. The molecule has 1 heterocycles. The Morgan fingerprint density at radius 3 is 2.83 bits per heavy atom. The van der Waals surface area contributed by atoms with Crippen molar-refractivity contribution in [3.8, 4) is 0 Å². The van der Waals surface area contributed by atoms with E-state index < -0.39 is 5.54 Å². The first kappa shape index (κ1) is 13.8. The molecule has 1 aliphatic carbocycles. The molecule has 2 unspecified atom stereocenters. The van der Waals surface area contributed by atoms with Crippen LogP contribution in [0.1, 0.15) is 25.7 Å². The van der Waals surface area contributed by atoms with Crippen LogP contribution in [-0.4, -0.2) is 56.2 Å². The number of hydrogen-bond donors (Lipinski definition) is 2. The van der Waals surface area contributed by atoms with E-state index >= 15 is 0 Å². The Morgan fingerprint density at radius 1 is 1.50 bits per heavy atom. The molecular formula is C13H25N3O2. The van der Waals surface area contributed by atoms with Crippen molar-refractivity contribution >= 4 is 5.91 Å². The molecule has 0 aromatic heterocycles. The standard InChI is InChI=1S/C13H25N3O2/c1-15-13(12(14)17)5-2-3-11(13)4-6-16-7-9-18-10-8-16/h11,15H,2-10H2,1H3,(H2,14,17). The van der Waals surface area contributed by atoms with Gasteiger partial charge in [0.2, 0.25) is 5.91 Å². The summed E-state index contributed by atoms with van der Waals surface area (Å²) >= 11 is 0. The van der Waals surface area contributed by atoms with Crippen LogP contribution in [0.15, 0.2) is 0 Å². The molecule has 3 N–H and O–H groups in total. The van der Waals surface area contributed by atoms with Crippen molar-refractivity contribution in [1.82, 2.24) is 10.2 Å². The van der Waals surface area contributed by atoms with Gasteiger partial charge in [-0.25, -0.2) is 0 Å². The first-order valence-corrected chi connectivity index (χ1v) is 6.98. The molecule has 1 saturated carbocycles. The van der Waals surface area contributed by atoms with Crippen molar-refractivity contribution in [1.29, 1.82) is 0 Å². The fourth-order valence-electron chi connectivity index (χ4n) is 3.41. The van der Waals surface area contributed by atoms with Crippen LogP contribution in [-0.2, 0) is 9.53 Å². The average Bonchev–Trinajstić information content (AvgIpc) is 2.81. The Hall–Kier alpha value is -0.650. The topological polar surface area (TPSA) is 67.6 Å². The lowest BCUT2D eigenvalue weighted by molar-refractivity contribution is -0.125. The summed E-state index contributed by atoms with van der Waals surface area (Å²) in [5.74, 6) is 0.192. The maximum absolute atomic E-state index is 11.7. The molecular weight excluding hydrogens is 230 g/mol. The van der Waals surface area contributed by atoms with Crippen LogP contribution in [0.3, 0.4) is 0 Å². The van der Waals surface area contributed by atoms with Crippen molar-refractivity contribution in [2.75, 3.05) is 39.9 Å². The number of likely N-dealkylation sites (N-methyl/N-ethyl adjacent to an activating group) is 1. The molecule has 0 aromatic carbocycles. The second kappa shape index (κ2) is 5.99. The van der Waals surface area contributed by atoms with Gasteiger partial charge in [0.05, 0.1) is 13.2 Å². The van der Waals surface area contributed by atoms with E-state index in [-0.39, 0.29) is 5.91 Å². The normalized spacial score (nSPS) is 33.7. The minimum Gasteiger partial charge on any atom is -0.379 e. The van der Waals surface area contributed by atoms with Gasteiger partial charge in [-0.3, -0.25) is 9.69 Å². The lowest BCUT2D eigenvalue weighted by atomic mass is 9.84. The number of nitrogens with one attached hydrogen (secondary N) is 1. The number of amides is 1. The Morgan fingerprint density at radius 2 is 2.22 bits per heavy atom. The minimum absolute atomic E-state index is 0.186. The highest BCUT2D eigenvalue weighted by Gasteiger charge is 2.46. The van der Waals surface area contributed by atoms with Gasteiger partial charge in [-0.1, -0.05) is 6.42 Å². The average molecular weight is 255 g/mol. The minimum atomic E-state index is -0.466. The molecule has 5 nitrogen and oxygen atoms in total.